The molecular weight excluding hydrogens is 280 g/mol. The van der Waals surface area contributed by atoms with Crippen LogP contribution < -0.4 is 10.6 Å². The van der Waals surface area contributed by atoms with Gasteiger partial charge in [-0.25, -0.2) is 4.98 Å². The van der Waals surface area contributed by atoms with E-state index in [2.05, 4.69) is 15.6 Å². The maximum Gasteiger partial charge on any atom is 0.270 e. The minimum Gasteiger partial charge on any atom is -0.387 e. The molecule has 0 spiro atoms. The van der Waals surface area contributed by atoms with Gasteiger partial charge in [-0.15, -0.1) is 11.3 Å². The first-order valence-corrected chi connectivity index (χ1v) is 6.67. The van der Waals surface area contributed by atoms with E-state index in [1.807, 2.05) is 5.38 Å². The van der Waals surface area contributed by atoms with Crippen molar-refractivity contribution in [3.63, 3.8) is 0 Å². The molecule has 7 nitrogen and oxygen atoms in total. The highest BCUT2D eigenvalue weighted by atomic mass is 32.1. The van der Waals surface area contributed by atoms with Crippen molar-refractivity contribution in [3.8, 4) is 0 Å². The summed E-state index contributed by atoms with van der Waals surface area (Å²) in [5, 5.41) is 18.1. The van der Waals surface area contributed by atoms with Crippen LogP contribution in [-0.2, 0) is 6.54 Å². The third kappa shape index (κ3) is 3.09. The number of hydrogen-bond donors (Lipinski definition) is 2. The van der Waals surface area contributed by atoms with Gasteiger partial charge < -0.3 is 10.6 Å². The first kappa shape index (κ1) is 13.9. The average Bonchev–Trinajstić information content (AvgIpc) is 2.97. The number of anilines is 1. The van der Waals surface area contributed by atoms with Crippen LogP contribution in [0.15, 0.2) is 29.1 Å². The maximum atomic E-state index is 12.1. The summed E-state index contributed by atoms with van der Waals surface area (Å²) in [5.41, 5.74) is 3.07. The molecule has 20 heavy (non-hydrogen) atoms. The predicted octanol–water partition coefficient (Wildman–Crippen LogP) is 2.02. The highest BCUT2D eigenvalue weighted by Crippen LogP contribution is 2.21. The molecule has 0 saturated carbocycles. The summed E-state index contributed by atoms with van der Waals surface area (Å²) < 4.78 is 0. The van der Waals surface area contributed by atoms with Crippen LogP contribution in [0.25, 0.3) is 0 Å². The van der Waals surface area contributed by atoms with Gasteiger partial charge in [-0.1, -0.05) is 0 Å². The Morgan fingerprint density at radius 1 is 1.50 bits per heavy atom. The normalized spacial score (nSPS) is 10.1. The van der Waals surface area contributed by atoms with Gasteiger partial charge in [-0.2, -0.15) is 0 Å². The quantitative estimate of drug-likeness (QED) is 0.649. The van der Waals surface area contributed by atoms with Crippen molar-refractivity contribution in [2.45, 2.75) is 6.54 Å². The number of thiazole rings is 1. The molecular formula is C12H12N4O3S. The molecule has 0 radical (unpaired) electrons. The fourth-order valence-corrected chi connectivity index (χ4v) is 2.20. The molecule has 2 N–H and O–H groups in total. The van der Waals surface area contributed by atoms with Crippen molar-refractivity contribution in [3.05, 3.63) is 50.5 Å². The number of aromatic nitrogens is 1. The van der Waals surface area contributed by atoms with E-state index >= 15 is 0 Å². The molecule has 0 aliphatic rings. The molecule has 1 heterocycles. The number of nitrogens with one attached hydrogen (secondary N) is 2. The van der Waals surface area contributed by atoms with Crippen LogP contribution in [0.3, 0.4) is 0 Å². The van der Waals surface area contributed by atoms with Crippen LogP contribution in [0.2, 0.25) is 0 Å². The highest BCUT2D eigenvalue weighted by Gasteiger charge is 2.16. The minimum atomic E-state index is -0.531. The number of nitrogens with zero attached hydrogens (tertiary/aromatic N) is 2. The first-order valence-electron chi connectivity index (χ1n) is 5.73. The summed E-state index contributed by atoms with van der Waals surface area (Å²) in [5.74, 6) is -0.383. The van der Waals surface area contributed by atoms with E-state index in [4.69, 9.17) is 0 Å². The number of carbonyl (C=O) groups excluding carboxylic acids is 1. The van der Waals surface area contributed by atoms with Crippen molar-refractivity contribution >= 4 is 28.6 Å². The molecule has 1 aromatic heterocycles. The van der Waals surface area contributed by atoms with Gasteiger partial charge in [0.1, 0.15) is 0 Å². The van der Waals surface area contributed by atoms with Crippen molar-refractivity contribution in [1.82, 2.24) is 10.3 Å². The first-order chi connectivity index (χ1) is 9.61. The van der Waals surface area contributed by atoms with Crippen LogP contribution >= 0.6 is 11.3 Å². The molecule has 2 rings (SSSR count). The molecule has 0 saturated heterocycles. The van der Waals surface area contributed by atoms with Crippen LogP contribution in [0, 0.1) is 10.1 Å². The van der Waals surface area contributed by atoms with E-state index in [1.165, 1.54) is 29.5 Å². The lowest BCUT2D eigenvalue weighted by molar-refractivity contribution is -0.384. The number of nitro benzene ring substituents is 1. The van der Waals surface area contributed by atoms with Crippen molar-refractivity contribution < 1.29 is 9.72 Å². The van der Waals surface area contributed by atoms with Gasteiger partial charge in [0.2, 0.25) is 0 Å². The fourth-order valence-electron chi connectivity index (χ4n) is 1.64. The number of carbonyl (C=O) groups is 1. The summed E-state index contributed by atoms with van der Waals surface area (Å²) in [4.78, 5) is 26.4. The molecule has 0 aliphatic carbocycles. The standard InChI is InChI=1S/C12H12N4O3S/c1-13-11-3-2-9(16(18)19)4-10(11)12(17)14-5-8-6-20-7-15-8/h2-4,6-7,13H,5H2,1H3,(H,14,17). The Morgan fingerprint density at radius 3 is 2.90 bits per heavy atom. The van der Waals surface area contributed by atoms with Crippen LogP contribution in [-0.4, -0.2) is 22.9 Å². The van der Waals surface area contributed by atoms with E-state index < -0.39 is 4.92 Å². The third-order valence-corrected chi connectivity index (χ3v) is 3.28. The highest BCUT2D eigenvalue weighted by molar-refractivity contribution is 7.07. The van der Waals surface area contributed by atoms with Crippen molar-refractivity contribution in [2.24, 2.45) is 0 Å². The lowest BCUT2D eigenvalue weighted by Crippen LogP contribution is -2.24. The molecule has 0 atom stereocenters. The van der Waals surface area contributed by atoms with Gasteiger partial charge in [0.15, 0.2) is 0 Å². The van der Waals surface area contributed by atoms with E-state index in [0.29, 0.717) is 5.69 Å². The summed E-state index contributed by atoms with van der Waals surface area (Å²) in [6.07, 6.45) is 0. The number of benzene rings is 1. The zero-order valence-corrected chi connectivity index (χ0v) is 11.4. The topological polar surface area (TPSA) is 97.2 Å². The van der Waals surface area contributed by atoms with Crippen LogP contribution in [0.5, 0.6) is 0 Å². The minimum absolute atomic E-state index is 0.122. The van der Waals surface area contributed by atoms with E-state index in [0.717, 1.165) is 5.69 Å². The number of hydrogen-bond acceptors (Lipinski definition) is 6. The molecule has 0 unspecified atom stereocenters. The molecule has 0 fully saturated rings. The average molecular weight is 292 g/mol. The molecule has 0 aliphatic heterocycles. The third-order valence-electron chi connectivity index (χ3n) is 2.64. The maximum absolute atomic E-state index is 12.1. The van der Waals surface area contributed by atoms with Gasteiger partial charge in [0.05, 0.1) is 28.2 Å². The Morgan fingerprint density at radius 2 is 2.30 bits per heavy atom. The second kappa shape index (κ2) is 6.11. The van der Waals surface area contributed by atoms with Gasteiger partial charge >= 0.3 is 0 Å². The summed E-state index contributed by atoms with van der Waals surface area (Å²) in [7, 11) is 1.65. The van der Waals surface area contributed by atoms with Gasteiger partial charge in [0.25, 0.3) is 11.6 Å². The number of amides is 1. The zero-order valence-electron chi connectivity index (χ0n) is 10.6. The fraction of sp³-hybridized carbons (Fsp3) is 0.167. The van der Waals surface area contributed by atoms with Gasteiger partial charge in [-0.3, -0.25) is 14.9 Å². The van der Waals surface area contributed by atoms with Crippen molar-refractivity contribution in [2.75, 3.05) is 12.4 Å². The van der Waals surface area contributed by atoms with Gasteiger partial charge in [-0.05, 0) is 6.07 Å². The second-order valence-electron chi connectivity index (χ2n) is 3.90. The van der Waals surface area contributed by atoms with E-state index in [9.17, 15) is 14.9 Å². The number of rotatable bonds is 5. The Hall–Kier alpha value is -2.48. The zero-order chi connectivity index (χ0) is 14.5. The summed E-state index contributed by atoms with van der Waals surface area (Å²) in [6.45, 7) is 0.286. The Kier molecular flexibility index (Phi) is 4.26. The molecule has 0 bridgehead atoms. The Balaban J connectivity index is 2.18. The number of non-ortho nitro benzene ring substituents is 1. The smallest absolute Gasteiger partial charge is 0.270 e. The lowest BCUT2D eigenvalue weighted by atomic mass is 10.1. The SMILES string of the molecule is CNc1ccc([N+](=O)[O-])cc1C(=O)NCc1cscn1. The lowest BCUT2D eigenvalue weighted by Gasteiger charge is -2.09. The predicted molar refractivity (Wildman–Crippen MR) is 75.9 cm³/mol. The summed E-state index contributed by atoms with van der Waals surface area (Å²) >= 11 is 1.44. The van der Waals surface area contributed by atoms with Crippen molar-refractivity contribution in [1.29, 1.82) is 0 Å². The Labute approximate surface area is 118 Å². The summed E-state index contributed by atoms with van der Waals surface area (Å²) in [6, 6.07) is 4.11. The van der Waals surface area contributed by atoms with Gasteiger partial charge in [0, 0.05) is 30.2 Å². The second-order valence-corrected chi connectivity index (χ2v) is 4.62. The molecule has 1 aromatic carbocycles. The van der Waals surface area contributed by atoms with E-state index in [-0.39, 0.29) is 23.7 Å². The van der Waals surface area contributed by atoms with Crippen LogP contribution in [0.1, 0.15) is 16.1 Å². The molecule has 104 valence electrons. The molecule has 8 heteroatoms. The van der Waals surface area contributed by atoms with E-state index in [1.54, 1.807) is 12.6 Å². The Bertz CT molecular complexity index is 628. The largest absolute Gasteiger partial charge is 0.387 e. The monoisotopic (exact) mass is 292 g/mol. The molecule has 1 amide bonds. The molecule has 2 aromatic rings. The number of nitro groups is 1. The van der Waals surface area contributed by atoms with Crippen LogP contribution in [0.4, 0.5) is 11.4 Å².